The third kappa shape index (κ3) is 4.93. The van der Waals surface area contributed by atoms with Crippen molar-refractivity contribution in [3.05, 3.63) is 36.5 Å². The van der Waals surface area contributed by atoms with Gasteiger partial charge in [0, 0.05) is 6.20 Å². The van der Waals surface area contributed by atoms with E-state index >= 15 is 0 Å². The molecule has 0 radical (unpaired) electrons. The Morgan fingerprint density at radius 3 is 2.35 bits per heavy atom. The molecule has 0 aliphatic heterocycles. The monoisotopic (exact) mass is 279 g/mol. The fourth-order valence-corrected chi connectivity index (χ4v) is 1.46. The number of benzene rings is 1. The minimum absolute atomic E-state index is 0.157. The van der Waals surface area contributed by atoms with Gasteiger partial charge in [0.05, 0.1) is 19.4 Å². The van der Waals surface area contributed by atoms with Crippen LogP contribution in [0.5, 0.6) is 5.75 Å². The Labute approximate surface area is 119 Å². The Morgan fingerprint density at radius 2 is 1.90 bits per heavy atom. The number of amides is 1. The maximum absolute atomic E-state index is 12.2. The predicted octanol–water partition coefficient (Wildman–Crippen LogP) is 2.94. The lowest BCUT2D eigenvalue weighted by Crippen LogP contribution is -2.33. The molecule has 1 N–H and O–H groups in total. The molecule has 0 atom stereocenters. The molecule has 0 spiro atoms. The van der Waals surface area contributed by atoms with Crippen molar-refractivity contribution in [1.29, 1.82) is 0 Å². The molecule has 1 rings (SSSR count). The summed E-state index contributed by atoms with van der Waals surface area (Å²) in [5, 5.41) is 8.87. The molecule has 1 aromatic carbocycles. The molecular weight excluding hydrogens is 258 g/mol. The number of carbonyl (C=O) groups is 1. The fraction of sp³-hybridized carbons (Fsp3) is 0.400. The van der Waals surface area contributed by atoms with Crippen molar-refractivity contribution in [2.75, 3.05) is 18.6 Å². The third-order valence-electron chi connectivity index (χ3n) is 2.30. The van der Waals surface area contributed by atoms with Gasteiger partial charge in [-0.25, -0.2) is 4.79 Å². The number of anilines is 1. The number of rotatable bonds is 4. The van der Waals surface area contributed by atoms with E-state index in [-0.39, 0.29) is 6.61 Å². The molecule has 0 aliphatic rings. The molecular formula is C15H21NO4. The molecule has 5 heteroatoms. The van der Waals surface area contributed by atoms with E-state index in [2.05, 4.69) is 0 Å². The average molecular weight is 279 g/mol. The van der Waals surface area contributed by atoms with Crippen LogP contribution >= 0.6 is 0 Å². The van der Waals surface area contributed by atoms with Crippen LogP contribution in [-0.4, -0.2) is 30.5 Å². The molecule has 1 aromatic rings. The van der Waals surface area contributed by atoms with Gasteiger partial charge >= 0.3 is 6.09 Å². The highest BCUT2D eigenvalue weighted by atomic mass is 16.6. The zero-order chi connectivity index (χ0) is 15.2. The highest BCUT2D eigenvalue weighted by Gasteiger charge is 2.21. The molecule has 0 unspecified atom stereocenters. The first-order valence-electron chi connectivity index (χ1n) is 6.31. The number of nitrogens with zero attached hydrogens (tertiary/aromatic N) is 1. The van der Waals surface area contributed by atoms with Crippen LogP contribution in [0.1, 0.15) is 20.8 Å². The molecule has 110 valence electrons. The van der Waals surface area contributed by atoms with E-state index in [1.54, 1.807) is 52.1 Å². The van der Waals surface area contributed by atoms with E-state index in [4.69, 9.17) is 14.6 Å². The summed E-state index contributed by atoms with van der Waals surface area (Å²) in [5.41, 5.74) is 0.0410. The summed E-state index contributed by atoms with van der Waals surface area (Å²) in [4.78, 5) is 13.5. The molecule has 1 amide bonds. The lowest BCUT2D eigenvalue weighted by Gasteiger charge is -2.25. The van der Waals surface area contributed by atoms with Crippen LogP contribution < -0.4 is 9.64 Å². The van der Waals surface area contributed by atoms with E-state index in [0.717, 1.165) is 0 Å². The second-order valence-electron chi connectivity index (χ2n) is 5.12. The van der Waals surface area contributed by atoms with Crippen molar-refractivity contribution >= 4 is 11.8 Å². The summed E-state index contributed by atoms with van der Waals surface area (Å²) in [6, 6.07) is 6.98. The maximum atomic E-state index is 12.2. The smallest absolute Gasteiger partial charge is 0.418 e. The molecule has 20 heavy (non-hydrogen) atoms. The van der Waals surface area contributed by atoms with Crippen molar-refractivity contribution in [1.82, 2.24) is 0 Å². The normalized spacial score (nSPS) is 11.4. The second-order valence-corrected chi connectivity index (χ2v) is 5.12. The number of ether oxygens (including phenoxy) is 2. The second kappa shape index (κ2) is 6.96. The quantitative estimate of drug-likeness (QED) is 0.920. The molecule has 0 fully saturated rings. The van der Waals surface area contributed by atoms with Gasteiger partial charge in [0.25, 0.3) is 0 Å². The molecule has 0 saturated heterocycles. The topological polar surface area (TPSA) is 59.0 Å². The first-order valence-corrected chi connectivity index (χ1v) is 6.31. The molecule has 0 heterocycles. The standard InChI is InChI=1S/C15H21NO4/c1-15(2,3)20-14(18)16(10-5-11-17)12-6-8-13(19-4)9-7-12/h5-10,17H,11H2,1-4H3/b10-5-. The third-order valence-corrected chi connectivity index (χ3v) is 2.30. The van der Waals surface area contributed by atoms with E-state index in [0.29, 0.717) is 11.4 Å². The Kier molecular flexibility index (Phi) is 5.58. The van der Waals surface area contributed by atoms with Gasteiger partial charge in [-0.2, -0.15) is 0 Å². The SMILES string of the molecule is COc1ccc(N(/C=C\CO)C(=O)OC(C)(C)C)cc1. The lowest BCUT2D eigenvalue weighted by atomic mass is 10.2. The summed E-state index contributed by atoms with van der Waals surface area (Å²) < 4.78 is 10.4. The number of hydrogen-bond donors (Lipinski definition) is 1. The number of methoxy groups -OCH3 is 1. The van der Waals surface area contributed by atoms with Crippen molar-refractivity contribution in [2.24, 2.45) is 0 Å². The Morgan fingerprint density at radius 1 is 1.30 bits per heavy atom. The molecule has 5 nitrogen and oxygen atoms in total. The highest BCUT2D eigenvalue weighted by Crippen LogP contribution is 2.22. The summed E-state index contributed by atoms with van der Waals surface area (Å²) in [6.07, 6.45) is 2.44. The average Bonchev–Trinajstić information content (AvgIpc) is 2.38. The predicted molar refractivity (Wildman–Crippen MR) is 77.9 cm³/mol. The van der Waals surface area contributed by atoms with Gasteiger partial charge in [-0.05, 0) is 51.1 Å². The summed E-state index contributed by atoms with van der Waals surface area (Å²) in [5.74, 6) is 0.698. The molecule has 0 aromatic heterocycles. The summed E-state index contributed by atoms with van der Waals surface area (Å²) in [7, 11) is 1.58. The Hall–Kier alpha value is -2.01. The van der Waals surface area contributed by atoms with Crippen LogP contribution in [0, 0.1) is 0 Å². The van der Waals surface area contributed by atoms with E-state index in [1.165, 1.54) is 17.2 Å². The van der Waals surface area contributed by atoms with Gasteiger partial charge in [0.15, 0.2) is 0 Å². The van der Waals surface area contributed by atoms with Crippen LogP contribution in [0.2, 0.25) is 0 Å². The van der Waals surface area contributed by atoms with E-state index in [1.807, 2.05) is 0 Å². The number of aliphatic hydroxyl groups is 1. The number of aliphatic hydroxyl groups excluding tert-OH is 1. The van der Waals surface area contributed by atoms with Gasteiger partial charge < -0.3 is 14.6 Å². The minimum atomic E-state index is -0.588. The van der Waals surface area contributed by atoms with Crippen LogP contribution in [0.25, 0.3) is 0 Å². The zero-order valence-corrected chi connectivity index (χ0v) is 12.3. The van der Waals surface area contributed by atoms with Crippen molar-refractivity contribution in [2.45, 2.75) is 26.4 Å². The number of hydrogen-bond acceptors (Lipinski definition) is 4. The first kappa shape index (κ1) is 16.0. The van der Waals surface area contributed by atoms with Gasteiger partial charge in [-0.15, -0.1) is 0 Å². The van der Waals surface area contributed by atoms with E-state index in [9.17, 15) is 4.79 Å². The molecule has 0 saturated carbocycles. The highest BCUT2D eigenvalue weighted by molar-refractivity contribution is 5.89. The minimum Gasteiger partial charge on any atom is -0.497 e. The molecule has 0 bridgehead atoms. The van der Waals surface area contributed by atoms with Crippen molar-refractivity contribution in [3.63, 3.8) is 0 Å². The van der Waals surface area contributed by atoms with Crippen molar-refractivity contribution in [3.8, 4) is 5.75 Å². The molecule has 0 aliphatic carbocycles. The largest absolute Gasteiger partial charge is 0.497 e. The van der Waals surface area contributed by atoms with Gasteiger partial charge in [-0.1, -0.05) is 0 Å². The maximum Gasteiger partial charge on any atom is 0.418 e. The summed E-state index contributed by atoms with van der Waals surface area (Å²) >= 11 is 0. The van der Waals surface area contributed by atoms with Crippen LogP contribution in [0.15, 0.2) is 36.5 Å². The van der Waals surface area contributed by atoms with Gasteiger partial charge in [-0.3, -0.25) is 4.90 Å². The number of carbonyl (C=O) groups excluding carboxylic acids is 1. The van der Waals surface area contributed by atoms with Crippen LogP contribution in [-0.2, 0) is 4.74 Å². The Balaban J connectivity index is 2.98. The van der Waals surface area contributed by atoms with Crippen LogP contribution in [0.4, 0.5) is 10.5 Å². The lowest BCUT2D eigenvalue weighted by molar-refractivity contribution is 0.0596. The fourth-order valence-electron chi connectivity index (χ4n) is 1.46. The summed E-state index contributed by atoms with van der Waals surface area (Å²) in [6.45, 7) is 5.24. The first-order chi connectivity index (χ1) is 9.37. The Bertz CT molecular complexity index is 460. The zero-order valence-electron chi connectivity index (χ0n) is 12.3. The van der Waals surface area contributed by atoms with Crippen molar-refractivity contribution < 1.29 is 19.4 Å². The van der Waals surface area contributed by atoms with Crippen LogP contribution in [0.3, 0.4) is 0 Å². The van der Waals surface area contributed by atoms with Gasteiger partial charge in [0.1, 0.15) is 11.4 Å². The van der Waals surface area contributed by atoms with E-state index < -0.39 is 11.7 Å². The van der Waals surface area contributed by atoms with Gasteiger partial charge in [0.2, 0.25) is 0 Å².